The molecule has 0 amide bonds. The van der Waals surface area contributed by atoms with E-state index in [1.807, 2.05) is 0 Å². The van der Waals surface area contributed by atoms with Crippen LogP contribution in [0, 0.1) is 0 Å². The number of halogens is 4. The monoisotopic (exact) mass is 335 g/mol. The van der Waals surface area contributed by atoms with E-state index in [9.17, 15) is 18.0 Å². The Balaban J connectivity index is 2.58. The van der Waals surface area contributed by atoms with Crippen molar-refractivity contribution < 1.29 is 23.1 Å². The van der Waals surface area contributed by atoms with Gasteiger partial charge in [0.2, 0.25) is 0 Å². The van der Waals surface area contributed by atoms with Gasteiger partial charge in [-0.15, -0.1) is 5.10 Å². The molecule has 19 heavy (non-hydrogen) atoms. The van der Waals surface area contributed by atoms with Crippen LogP contribution >= 0.6 is 15.9 Å². The summed E-state index contributed by atoms with van der Waals surface area (Å²) in [6.45, 7) is 0. The summed E-state index contributed by atoms with van der Waals surface area (Å²) < 4.78 is 39.7. The molecule has 0 unspecified atom stereocenters. The van der Waals surface area contributed by atoms with E-state index >= 15 is 0 Å². The SMILES string of the molecule is O=C(O)c1cn(-c2ccc(Br)cc2C(F)(F)F)nn1. The third-order valence-corrected chi connectivity index (χ3v) is 2.72. The Labute approximate surface area is 112 Å². The van der Waals surface area contributed by atoms with E-state index in [2.05, 4.69) is 26.2 Å². The van der Waals surface area contributed by atoms with Gasteiger partial charge in [0.15, 0.2) is 5.69 Å². The number of rotatable bonds is 2. The summed E-state index contributed by atoms with van der Waals surface area (Å²) >= 11 is 2.95. The van der Waals surface area contributed by atoms with Gasteiger partial charge in [-0.25, -0.2) is 9.48 Å². The van der Waals surface area contributed by atoms with Crippen LogP contribution in [0.15, 0.2) is 28.9 Å². The molecule has 0 saturated carbocycles. The summed E-state index contributed by atoms with van der Waals surface area (Å²) in [7, 11) is 0. The van der Waals surface area contributed by atoms with E-state index in [0.29, 0.717) is 0 Å². The standard InChI is InChI=1S/C10H5BrF3N3O2/c11-5-1-2-8(6(3-5)10(12,13)14)17-4-7(9(18)19)15-16-17/h1-4H,(H,18,19). The molecule has 1 heterocycles. The van der Waals surface area contributed by atoms with Gasteiger partial charge in [0.1, 0.15) is 0 Å². The smallest absolute Gasteiger partial charge is 0.418 e. The summed E-state index contributed by atoms with van der Waals surface area (Å²) in [5, 5.41) is 15.3. The number of benzene rings is 1. The minimum atomic E-state index is -4.59. The molecule has 9 heteroatoms. The molecular formula is C10H5BrF3N3O2. The second kappa shape index (κ2) is 4.65. The van der Waals surface area contributed by atoms with E-state index < -0.39 is 23.4 Å². The van der Waals surface area contributed by atoms with Crippen LogP contribution in [0.3, 0.4) is 0 Å². The zero-order valence-electron chi connectivity index (χ0n) is 9.02. The maximum absolute atomic E-state index is 12.9. The number of carboxylic acids is 1. The van der Waals surface area contributed by atoms with E-state index in [1.165, 1.54) is 12.1 Å². The number of carbonyl (C=O) groups is 1. The highest BCUT2D eigenvalue weighted by Crippen LogP contribution is 2.35. The van der Waals surface area contributed by atoms with Gasteiger partial charge in [-0.2, -0.15) is 13.2 Å². The van der Waals surface area contributed by atoms with Crippen LogP contribution in [0.1, 0.15) is 16.1 Å². The lowest BCUT2D eigenvalue weighted by Gasteiger charge is -2.12. The third-order valence-electron chi connectivity index (χ3n) is 2.22. The predicted octanol–water partition coefficient (Wildman–Crippen LogP) is 2.75. The quantitative estimate of drug-likeness (QED) is 0.916. The number of hydrogen-bond donors (Lipinski definition) is 1. The van der Waals surface area contributed by atoms with Crippen molar-refractivity contribution in [3.8, 4) is 5.69 Å². The highest BCUT2D eigenvalue weighted by atomic mass is 79.9. The van der Waals surface area contributed by atoms with Gasteiger partial charge in [0, 0.05) is 4.47 Å². The first kappa shape index (κ1) is 13.5. The Bertz CT molecular complexity index is 639. The van der Waals surface area contributed by atoms with Crippen LogP contribution in [0.4, 0.5) is 13.2 Å². The van der Waals surface area contributed by atoms with E-state index in [1.54, 1.807) is 0 Å². The minimum Gasteiger partial charge on any atom is -0.476 e. The Hall–Kier alpha value is -1.90. The van der Waals surface area contributed by atoms with Crippen molar-refractivity contribution in [2.24, 2.45) is 0 Å². The van der Waals surface area contributed by atoms with Gasteiger partial charge in [-0.3, -0.25) is 0 Å². The number of aromatic carboxylic acids is 1. The lowest BCUT2D eigenvalue weighted by molar-refractivity contribution is -0.137. The molecule has 1 aromatic carbocycles. The summed E-state index contributed by atoms with van der Waals surface area (Å²) in [4.78, 5) is 10.6. The zero-order valence-corrected chi connectivity index (χ0v) is 10.6. The van der Waals surface area contributed by atoms with Crippen LogP contribution in [-0.2, 0) is 6.18 Å². The van der Waals surface area contributed by atoms with E-state index in [4.69, 9.17) is 5.11 Å². The number of hydrogen-bond acceptors (Lipinski definition) is 3. The molecule has 1 aromatic heterocycles. The van der Waals surface area contributed by atoms with Crippen molar-refractivity contribution in [1.29, 1.82) is 0 Å². The molecule has 0 atom stereocenters. The van der Waals surface area contributed by atoms with Gasteiger partial charge in [0.25, 0.3) is 0 Å². The number of nitrogens with zero attached hydrogens (tertiary/aromatic N) is 3. The molecule has 0 aliphatic heterocycles. The van der Waals surface area contributed by atoms with Crippen LogP contribution in [0.2, 0.25) is 0 Å². The molecule has 0 radical (unpaired) electrons. The molecule has 2 rings (SSSR count). The molecule has 5 nitrogen and oxygen atoms in total. The fraction of sp³-hybridized carbons (Fsp3) is 0.100. The molecule has 100 valence electrons. The summed E-state index contributed by atoms with van der Waals surface area (Å²) in [6, 6.07) is 3.46. The highest BCUT2D eigenvalue weighted by Gasteiger charge is 2.34. The largest absolute Gasteiger partial charge is 0.476 e. The first-order valence-corrected chi connectivity index (χ1v) is 5.61. The molecule has 0 spiro atoms. The third kappa shape index (κ3) is 2.75. The maximum Gasteiger partial charge on any atom is 0.418 e. The van der Waals surface area contributed by atoms with Gasteiger partial charge in [0.05, 0.1) is 17.4 Å². The maximum atomic E-state index is 12.9. The Kier molecular flexibility index (Phi) is 3.31. The minimum absolute atomic E-state index is 0.252. The number of alkyl halides is 3. The fourth-order valence-corrected chi connectivity index (χ4v) is 1.78. The lowest BCUT2D eigenvalue weighted by Crippen LogP contribution is -2.11. The zero-order chi connectivity index (χ0) is 14.2. The highest BCUT2D eigenvalue weighted by molar-refractivity contribution is 9.10. The van der Waals surface area contributed by atoms with Crippen molar-refractivity contribution in [2.75, 3.05) is 0 Å². The molecule has 0 bridgehead atoms. The number of carboxylic acid groups (broad SMARTS) is 1. The van der Waals surface area contributed by atoms with Crippen molar-refractivity contribution in [2.45, 2.75) is 6.18 Å². The Morgan fingerprint density at radius 3 is 2.58 bits per heavy atom. The van der Waals surface area contributed by atoms with Gasteiger partial charge in [-0.1, -0.05) is 21.1 Å². The van der Waals surface area contributed by atoms with Crippen molar-refractivity contribution in [1.82, 2.24) is 15.0 Å². The molecule has 2 aromatic rings. The van der Waals surface area contributed by atoms with E-state index in [-0.39, 0.29) is 10.2 Å². The molecule has 0 saturated heterocycles. The normalized spacial score (nSPS) is 11.6. The summed E-state index contributed by atoms with van der Waals surface area (Å²) in [5.41, 5.74) is -1.67. The average molecular weight is 336 g/mol. The van der Waals surface area contributed by atoms with Crippen molar-refractivity contribution in [3.63, 3.8) is 0 Å². The van der Waals surface area contributed by atoms with Crippen molar-refractivity contribution in [3.05, 3.63) is 40.1 Å². The lowest BCUT2D eigenvalue weighted by atomic mass is 10.1. The second-order valence-corrected chi connectivity index (χ2v) is 4.43. The second-order valence-electron chi connectivity index (χ2n) is 3.51. The van der Waals surface area contributed by atoms with Gasteiger partial charge in [-0.05, 0) is 18.2 Å². The van der Waals surface area contributed by atoms with Crippen LogP contribution in [-0.4, -0.2) is 26.1 Å². The van der Waals surface area contributed by atoms with Gasteiger partial charge >= 0.3 is 12.1 Å². The molecule has 0 aliphatic rings. The Morgan fingerprint density at radius 2 is 2.05 bits per heavy atom. The van der Waals surface area contributed by atoms with Gasteiger partial charge < -0.3 is 5.11 Å². The first-order chi connectivity index (χ1) is 8.79. The Morgan fingerprint density at radius 1 is 1.37 bits per heavy atom. The average Bonchev–Trinajstić information content (AvgIpc) is 2.77. The van der Waals surface area contributed by atoms with E-state index in [0.717, 1.165) is 16.9 Å². The molecule has 0 fully saturated rings. The molecule has 1 N–H and O–H groups in total. The predicted molar refractivity (Wildman–Crippen MR) is 61.0 cm³/mol. The summed E-state index contributed by atoms with van der Waals surface area (Å²) in [6.07, 6.45) is -3.67. The topological polar surface area (TPSA) is 68.0 Å². The van der Waals surface area contributed by atoms with Crippen LogP contribution in [0.5, 0.6) is 0 Å². The number of aromatic nitrogens is 3. The first-order valence-electron chi connectivity index (χ1n) is 4.82. The van der Waals surface area contributed by atoms with Crippen LogP contribution < -0.4 is 0 Å². The summed E-state index contributed by atoms with van der Waals surface area (Å²) in [5.74, 6) is -1.36. The van der Waals surface area contributed by atoms with Crippen LogP contribution in [0.25, 0.3) is 5.69 Å². The molecule has 0 aliphatic carbocycles. The fourth-order valence-electron chi connectivity index (χ4n) is 1.41. The van der Waals surface area contributed by atoms with Crippen molar-refractivity contribution >= 4 is 21.9 Å². The molecular weight excluding hydrogens is 331 g/mol.